The highest BCUT2D eigenvalue weighted by Crippen LogP contribution is 2.69. The van der Waals surface area contributed by atoms with Gasteiger partial charge in [0, 0.05) is 6.61 Å². The summed E-state index contributed by atoms with van der Waals surface area (Å²) in [4.78, 5) is 0. The number of rotatable bonds is 6. The minimum atomic E-state index is -0.134. The topological polar surface area (TPSA) is 40.5 Å². The average Bonchev–Trinajstić information content (AvgIpc) is 3.05. The molecule has 4 aliphatic carbocycles. The minimum absolute atomic E-state index is 0.134. The molecule has 2 N–H and O–H groups in total. The Labute approximate surface area is 186 Å². The van der Waals surface area contributed by atoms with Crippen LogP contribution in [-0.2, 0) is 0 Å². The van der Waals surface area contributed by atoms with Gasteiger partial charge in [0.25, 0.3) is 0 Å². The summed E-state index contributed by atoms with van der Waals surface area (Å²) in [5.41, 5.74) is 0.869. The molecule has 0 radical (unpaired) electrons. The van der Waals surface area contributed by atoms with Gasteiger partial charge < -0.3 is 10.2 Å². The second-order valence-corrected chi connectivity index (χ2v) is 13.1. The molecule has 0 aromatic heterocycles. The van der Waals surface area contributed by atoms with Crippen molar-refractivity contribution in [3.05, 3.63) is 0 Å². The van der Waals surface area contributed by atoms with Gasteiger partial charge in [-0.1, -0.05) is 53.9 Å². The van der Waals surface area contributed by atoms with Crippen LogP contribution in [-0.4, -0.2) is 22.9 Å². The summed E-state index contributed by atoms with van der Waals surface area (Å²) >= 11 is 0. The summed E-state index contributed by atoms with van der Waals surface area (Å²) in [6.07, 6.45) is 14.1. The van der Waals surface area contributed by atoms with Crippen LogP contribution in [0.3, 0.4) is 0 Å². The smallest absolute Gasteiger partial charge is 0.0543 e. The van der Waals surface area contributed by atoms with Crippen molar-refractivity contribution < 1.29 is 10.2 Å². The number of aliphatic hydroxyl groups is 2. The van der Waals surface area contributed by atoms with E-state index in [4.69, 9.17) is 0 Å². The fraction of sp³-hybridized carbons (Fsp3) is 1.00. The maximum atomic E-state index is 10.4. The monoisotopic (exact) mass is 418 g/mol. The van der Waals surface area contributed by atoms with Crippen molar-refractivity contribution in [2.75, 3.05) is 6.61 Å². The molecule has 0 saturated heterocycles. The first-order valence-electron chi connectivity index (χ1n) is 13.5. The number of fused-ring (bicyclic) bond motifs is 5. The third kappa shape index (κ3) is 3.81. The van der Waals surface area contributed by atoms with Gasteiger partial charge in [-0.3, -0.25) is 0 Å². The molecule has 4 rings (SSSR count). The molecule has 4 fully saturated rings. The first kappa shape index (κ1) is 23.1. The van der Waals surface area contributed by atoms with Gasteiger partial charge in [0.1, 0.15) is 0 Å². The number of aliphatic hydroxyl groups excluding tert-OH is 2. The fourth-order valence-electron chi connectivity index (χ4n) is 9.71. The first-order valence-corrected chi connectivity index (χ1v) is 13.5. The molecule has 4 saturated carbocycles. The van der Waals surface area contributed by atoms with Crippen LogP contribution < -0.4 is 0 Å². The maximum absolute atomic E-state index is 10.4. The van der Waals surface area contributed by atoms with Crippen molar-refractivity contribution in [2.24, 2.45) is 58.2 Å². The van der Waals surface area contributed by atoms with Crippen LogP contribution in [0.1, 0.15) is 105 Å². The Bertz CT molecular complexity index is 587. The van der Waals surface area contributed by atoms with E-state index < -0.39 is 0 Å². The van der Waals surface area contributed by atoms with E-state index in [1.54, 1.807) is 0 Å². The van der Waals surface area contributed by atoms with Crippen LogP contribution >= 0.6 is 0 Å². The molecule has 0 aromatic carbocycles. The molecular weight excluding hydrogens is 368 g/mol. The van der Waals surface area contributed by atoms with Crippen LogP contribution in [0.25, 0.3) is 0 Å². The molecule has 0 bridgehead atoms. The van der Waals surface area contributed by atoms with E-state index in [0.717, 1.165) is 48.3 Å². The molecular formula is C28H50O2. The van der Waals surface area contributed by atoms with Crippen molar-refractivity contribution in [3.8, 4) is 0 Å². The lowest BCUT2D eigenvalue weighted by molar-refractivity contribution is -0.158. The Morgan fingerprint density at radius 1 is 0.833 bits per heavy atom. The Hall–Kier alpha value is -0.0800. The van der Waals surface area contributed by atoms with Gasteiger partial charge in [0.05, 0.1) is 6.10 Å². The molecule has 4 aliphatic rings. The zero-order valence-electron chi connectivity index (χ0n) is 20.6. The first-order chi connectivity index (χ1) is 14.2. The van der Waals surface area contributed by atoms with E-state index >= 15 is 0 Å². The summed E-state index contributed by atoms with van der Waals surface area (Å²) in [6, 6.07) is 0. The van der Waals surface area contributed by atoms with E-state index in [2.05, 4.69) is 34.6 Å². The molecule has 0 heterocycles. The highest BCUT2D eigenvalue weighted by molar-refractivity contribution is 5.11. The molecule has 30 heavy (non-hydrogen) atoms. The van der Waals surface area contributed by atoms with Crippen molar-refractivity contribution in [1.82, 2.24) is 0 Å². The van der Waals surface area contributed by atoms with Crippen LogP contribution in [0.15, 0.2) is 0 Å². The molecule has 174 valence electrons. The molecule has 0 aliphatic heterocycles. The van der Waals surface area contributed by atoms with Gasteiger partial charge in [0.2, 0.25) is 0 Å². The summed E-state index contributed by atoms with van der Waals surface area (Å²) in [6.45, 7) is 12.8. The molecule has 10 atom stereocenters. The van der Waals surface area contributed by atoms with Gasteiger partial charge >= 0.3 is 0 Å². The van der Waals surface area contributed by atoms with E-state index in [0.29, 0.717) is 29.3 Å². The van der Waals surface area contributed by atoms with Crippen molar-refractivity contribution in [3.63, 3.8) is 0 Å². The third-order valence-electron chi connectivity index (χ3n) is 11.3. The average molecular weight is 419 g/mol. The van der Waals surface area contributed by atoms with Crippen LogP contribution in [0.4, 0.5) is 0 Å². The zero-order valence-corrected chi connectivity index (χ0v) is 20.6. The molecule has 0 spiro atoms. The van der Waals surface area contributed by atoms with E-state index in [9.17, 15) is 10.2 Å². The fourth-order valence-corrected chi connectivity index (χ4v) is 9.71. The summed E-state index contributed by atoms with van der Waals surface area (Å²) in [7, 11) is 0. The van der Waals surface area contributed by atoms with Gasteiger partial charge in [-0.2, -0.15) is 0 Å². The molecule has 0 unspecified atom stereocenters. The second-order valence-electron chi connectivity index (χ2n) is 13.1. The summed E-state index contributed by atoms with van der Waals surface area (Å²) in [5.74, 6) is 6.05. The highest BCUT2D eigenvalue weighted by atomic mass is 16.3. The van der Waals surface area contributed by atoms with Crippen LogP contribution in [0.2, 0.25) is 0 Å². The number of hydrogen-bond donors (Lipinski definition) is 2. The largest absolute Gasteiger partial charge is 0.396 e. The predicted molar refractivity (Wildman–Crippen MR) is 125 cm³/mol. The third-order valence-corrected chi connectivity index (χ3v) is 11.3. The van der Waals surface area contributed by atoms with Crippen LogP contribution in [0.5, 0.6) is 0 Å². The SMILES string of the molecule is CC(C)CCC[C@H](C)[C@H]1CC[C@H]2[C@@H]3C[C@H](CO)[C@H]4C[C@@H](O)CC[C@]4(C)[C@H]3CC[C@]12C. The highest BCUT2D eigenvalue weighted by Gasteiger charge is 2.62. The number of hydrogen-bond acceptors (Lipinski definition) is 2. The standard InChI is InChI=1S/C28H50O2/c1-18(2)7-6-8-19(3)23-9-10-24-22-15-20(17-29)26-16-21(30)11-13-28(26,5)25(22)12-14-27(23,24)4/h18-26,29-30H,6-17H2,1-5H3/t19-,20+,21-,22-,23+,24-,25-,26+,27+,28+/m0/s1. The quantitative estimate of drug-likeness (QED) is 0.504. The Kier molecular flexibility index (Phi) is 6.69. The summed E-state index contributed by atoms with van der Waals surface area (Å²) < 4.78 is 0. The normalized spacial score (nSPS) is 49.4. The second kappa shape index (κ2) is 8.69. The van der Waals surface area contributed by atoms with Gasteiger partial charge in [-0.15, -0.1) is 0 Å². The van der Waals surface area contributed by atoms with Crippen molar-refractivity contribution in [2.45, 2.75) is 111 Å². The van der Waals surface area contributed by atoms with Gasteiger partial charge in [-0.25, -0.2) is 0 Å². The molecule has 0 amide bonds. The van der Waals surface area contributed by atoms with Crippen molar-refractivity contribution >= 4 is 0 Å². The lowest BCUT2D eigenvalue weighted by Crippen LogP contribution is -2.57. The van der Waals surface area contributed by atoms with E-state index in [1.807, 2.05) is 0 Å². The maximum Gasteiger partial charge on any atom is 0.0543 e. The Morgan fingerprint density at radius 2 is 1.53 bits per heavy atom. The van der Waals surface area contributed by atoms with E-state index in [-0.39, 0.29) is 6.10 Å². The molecule has 0 aromatic rings. The van der Waals surface area contributed by atoms with Gasteiger partial charge in [-0.05, 0) is 110 Å². The van der Waals surface area contributed by atoms with Gasteiger partial charge in [0.15, 0.2) is 0 Å². The van der Waals surface area contributed by atoms with E-state index in [1.165, 1.54) is 57.8 Å². The zero-order chi connectivity index (χ0) is 21.7. The van der Waals surface area contributed by atoms with Crippen LogP contribution in [0, 0.1) is 58.2 Å². The Balaban J connectivity index is 1.52. The van der Waals surface area contributed by atoms with Crippen molar-refractivity contribution in [1.29, 1.82) is 0 Å². The lowest BCUT2D eigenvalue weighted by Gasteiger charge is -2.63. The lowest BCUT2D eigenvalue weighted by atomic mass is 9.42. The molecule has 2 nitrogen and oxygen atoms in total. The predicted octanol–water partition coefficient (Wildman–Crippen LogP) is 6.69. The molecule has 2 heteroatoms. The summed E-state index contributed by atoms with van der Waals surface area (Å²) in [5, 5.41) is 20.7. The Morgan fingerprint density at radius 3 is 2.23 bits per heavy atom. The minimum Gasteiger partial charge on any atom is -0.396 e.